The third-order valence-electron chi connectivity index (χ3n) is 4.40. The average molecular weight is 258 g/mol. The van der Waals surface area contributed by atoms with Gasteiger partial charge < -0.3 is 9.67 Å². The van der Waals surface area contributed by atoms with Crippen molar-refractivity contribution in [3.63, 3.8) is 0 Å². The molecule has 1 aromatic carbocycles. The number of nitrogens with zero attached hydrogens (tertiary/aromatic N) is 2. The van der Waals surface area contributed by atoms with Gasteiger partial charge in [-0.05, 0) is 56.4 Å². The Hall–Kier alpha value is -1.35. The number of hydrogen-bond acceptors (Lipinski definition) is 2. The van der Waals surface area contributed by atoms with Crippen LogP contribution in [-0.2, 0) is 6.54 Å². The summed E-state index contributed by atoms with van der Waals surface area (Å²) in [7, 11) is 0. The van der Waals surface area contributed by atoms with E-state index < -0.39 is 0 Å². The zero-order valence-electron chi connectivity index (χ0n) is 11.8. The molecule has 3 heteroatoms. The monoisotopic (exact) mass is 258 g/mol. The van der Waals surface area contributed by atoms with Crippen LogP contribution in [0.1, 0.15) is 48.6 Å². The Morgan fingerprint density at radius 1 is 1.26 bits per heavy atom. The van der Waals surface area contributed by atoms with Gasteiger partial charge in [-0.1, -0.05) is 6.42 Å². The molecule has 2 aromatic rings. The number of imidazole rings is 1. The summed E-state index contributed by atoms with van der Waals surface area (Å²) >= 11 is 0. The Bertz CT molecular complexity index is 596. The topological polar surface area (TPSA) is 38.0 Å². The van der Waals surface area contributed by atoms with Crippen molar-refractivity contribution in [1.82, 2.24) is 9.55 Å². The van der Waals surface area contributed by atoms with Crippen molar-refractivity contribution in [3.8, 4) is 0 Å². The van der Waals surface area contributed by atoms with Gasteiger partial charge in [0.05, 0.1) is 11.0 Å². The lowest BCUT2D eigenvalue weighted by Gasteiger charge is -2.25. The molecule has 0 amide bonds. The zero-order chi connectivity index (χ0) is 13.4. The van der Waals surface area contributed by atoms with Crippen molar-refractivity contribution in [1.29, 1.82) is 0 Å². The second kappa shape index (κ2) is 4.97. The molecular formula is C16H22N2O. The summed E-state index contributed by atoms with van der Waals surface area (Å²) in [6, 6.07) is 4.44. The molecule has 1 fully saturated rings. The van der Waals surface area contributed by atoms with Gasteiger partial charge in [0.25, 0.3) is 0 Å². The molecule has 3 nitrogen and oxygen atoms in total. The Morgan fingerprint density at radius 2 is 2.00 bits per heavy atom. The summed E-state index contributed by atoms with van der Waals surface area (Å²) in [6.45, 7) is 5.42. The van der Waals surface area contributed by atoms with Gasteiger partial charge in [0.15, 0.2) is 0 Å². The Labute approximate surface area is 114 Å². The standard InChI is InChI=1S/C16H22N2O/c1-11-9-14-15(10-12(11)2)18(7-4-8-19)16(17-14)13-5-3-6-13/h9-10,13,19H,3-8H2,1-2H3. The van der Waals surface area contributed by atoms with Crippen molar-refractivity contribution in [2.45, 2.75) is 52.0 Å². The normalized spacial score (nSPS) is 15.9. The highest BCUT2D eigenvalue weighted by Gasteiger charge is 2.25. The van der Waals surface area contributed by atoms with E-state index in [9.17, 15) is 0 Å². The molecule has 0 spiro atoms. The summed E-state index contributed by atoms with van der Waals surface area (Å²) < 4.78 is 2.34. The molecule has 0 unspecified atom stereocenters. The maximum Gasteiger partial charge on any atom is 0.112 e. The van der Waals surface area contributed by atoms with Gasteiger partial charge in [0, 0.05) is 19.1 Å². The molecule has 1 aliphatic carbocycles. The first-order valence-corrected chi connectivity index (χ1v) is 7.29. The van der Waals surface area contributed by atoms with Crippen molar-refractivity contribution < 1.29 is 5.11 Å². The largest absolute Gasteiger partial charge is 0.396 e. The summed E-state index contributed by atoms with van der Waals surface area (Å²) in [6.07, 6.45) is 4.66. The van der Waals surface area contributed by atoms with Crippen molar-refractivity contribution in [2.24, 2.45) is 0 Å². The molecule has 102 valence electrons. The number of benzene rings is 1. The van der Waals surface area contributed by atoms with E-state index in [1.165, 1.54) is 41.7 Å². The van der Waals surface area contributed by atoms with E-state index in [0.29, 0.717) is 5.92 Å². The molecule has 1 N–H and O–H groups in total. The van der Waals surface area contributed by atoms with Crippen LogP contribution in [0.4, 0.5) is 0 Å². The summed E-state index contributed by atoms with van der Waals surface area (Å²) in [5.74, 6) is 1.87. The number of aliphatic hydroxyl groups excluding tert-OH is 1. The van der Waals surface area contributed by atoms with Crippen LogP contribution in [0.2, 0.25) is 0 Å². The van der Waals surface area contributed by atoms with Gasteiger partial charge in [-0.3, -0.25) is 0 Å². The van der Waals surface area contributed by atoms with Gasteiger partial charge in [0.2, 0.25) is 0 Å². The molecular weight excluding hydrogens is 236 g/mol. The number of aryl methyl sites for hydroxylation is 3. The first kappa shape index (κ1) is 12.7. The quantitative estimate of drug-likeness (QED) is 0.913. The lowest BCUT2D eigenvalue weighted by atomic mass is 9.85. The minimum atomic E-state index is 0.245. The minimum absolute atomic E-state index is 0.245. The number of fused-ring (bicyclic) bond motifs is 1. The van der Waals surface area contributed by atoms with E-state index in [1.807, 2.05) is 0 Å². The van der Waals surface area contributed by atoms with Gasteiger partial charge in [-0.25, -0.2) is 4.98 Å². The highest BCUT2D eigenvalue weighted by molar-refractivity contribution is 5.78. The molecule has 1 aliphatic rings. The van der Waals surface area contributed by atoms with Crippen LogP contribution in [0.3, 0.4) is 0 Å². The van der Waals surface area contributed by atoms with E-state index >= 15 is 0 Å². The van der Waals surface area contributed by atoms with E-state index in [0.717, 1.165) is 18.5 Å². The Kier molecular flexibility index (Phi) is 3.31. The SMILES string of the molecule is Cc1cc2nc(C3CCC3)n(CCCO)c2cc1C. The fourth-order valence-electron chi connectivity index (χ4n) is 2.84. The highest BCUT2D eigenvalue weighted by atomic mass is 16.3. The first-order chi connectivity index (χ1) is 9.20. The molecule has 3 rings (SSSR count). The van der Waals surface area contributed by atoms with Gasteiger partial charge >= 0.3 is 0 Å². The van der Waals surface area contributed by atoms with E-state index in [4.69, 9.17) is 10.1 Å². The average Bonchev–Trinajstić information content (AvgIpc) is 2.63. The number of aromatic nitrogens is 2. The molecule has 0 bridgehead atoms. The van der Waals surface area contributed by atoms with Crippen molar-refractivity contribution in [2.75, 3.05) is 6.61 Å². The molecule has 0 atom stereocenters. The predicted octanol–water partition coefficient (Wildman–Crippen LogP) is 3.30. The van der Waals surface area contributed by atoms with Gasteiger partial charge in [-0.2, -0.15) is 0 Å². The third kappa shape index (κ3) is 2.16. The molecule has 1 heterocycles. The van der Waals surface area contributed by atoms with Crippen LogP contribution in [0.5, 0.6) is 0 Å². The molecule has 0 radical (unpaired) electrons. The van der Waals surface area contributed by atoms with E-state index in [1.54, 1.807) is 0 Å². The van der Waals surface area contributed by atoms with Gasteiger partial charge in [-0.15, -0.1) is 0 Å². The second-order valence-corrected chi connectivity index (χ2v) is 5.75. The molecule has 0 saturated heterocycles. The number of hydrogen-bond donors (Lipinski definition) is 1. The molecule has 0 aliphatic heterocycles. The zero-order valence-corrected chi connectivity index (χ0v) is 11.8. The first-order valence-electron chi connectivity index (χ1n) is 7.29. The third-order valence-corrected chi connectivity index (χ3v) is 4.40. The van der Waals surface area contributed by atoms with Crippen molar-refractivity contribution in [3.05, 3.63) is 29.1 Å². The van der Waals surface area contributed by atoms with Crippen LogP contribution in [0.25, 0.3) is 11.0 Å². The minimum Gasteiger partial charge on any atom is -0.396 e. The lowest BCUT2D eigenvalue weighted by Crippen LogP contribution is -2.16. The van der Waals surface area contributed by atoms with Crippen LogP contribution in [0.15, 0.2) is 12.1 Å². The fourth-order valence-corrected chi connectivity index (χ4v) is 2.84. The molecule has 1 saturated carbocycles. The summed E-state index contributed by atoms with van der Waals surface area (Å²) in [4.78, 5) is 4.87. The van der Waals surface area contributed by atoms with E-state index in [-0.39, 0.29) is 6.61 Å². The number of aliphatic hydroxyl groups is 1. The Balaban J connectivity index is 2.11. The summed E-state index contributed by atoms with van der Waals surface area (Å²) in [5.41, 5.74) is 4.97. The van der Waals surface area contributed by atoms with Gasteiger partial charge in [0.1, 0.15) is 5.82 Å². The van der Waals surface area contributed by atoms with Crippen LogP contribution < -0.4 is 0 Å². The fraction of sp³-hybridized carbons (Fsp3) is 0.562. The Morgan fingerprint density at radius 3 is 2.63 bits per heavy atom. The highest BCUT2D eigenvalue weighted by Crippen LogP contribution is 2.37. The predicted molar refractivity (Wildman–Crippen MR) is 77.5 cm³/mol. The molecule has 1 aromatic heterocycles. The van der Waals surface area contributed by atoms with Crippen LogP contribution >= 0.6 is 0 Å². The van der Waals surface area contributed by atoms with Crippen LogP contribution in [-0.4, -0.2) is 21.3 Å². The van der Waals surface area contributed by atoms with Crippen molar-refractivity contribution >= 4 is 11.0 Å². The number of rotatable bonds is 4. The smallest absolute Gasteiger partial charge is 0.112 e. The second-order valence-electron chi connectivity index (χ2n) is 5.75. The summed E-state index contributed by atoms with van der Waals surface area (Å²) in [5, 5.41) is 9.10. The maximum absolute atomic E-state index is 9.10. The molecule has 19 heavy (non-hydrogen) atoms. The van der Waals surface area contributed by atoms with E-state index in [2.05, 4.69) is 30.5 Å². The maximum atomic E-state index is 9.10. The lowest BCUT2D eigenvalue weighted by molar-refractivity contribution is 0.277. The van der Waals surface area contributed by atoms with Crippen LogP contribution in [0, 0.1) is 13.8 Å².